The van der Waals surface area contributed by atoms with Crippen LogP contribution < -0.4 is 5.73 Å². The molecule has 3 nitrogen and oxygen atoms in total. The fourth-order valence-corrected chi connectivity index (χ4v) is 4.78. The molecule has 0 saturated heterocycles. The second-order valence-corrected chi connectivity index (χ2v) is 7.87. The average Bonchev–Trinajstić information content (AvgIpc) is 3.23. The van der Waals surface area contributed by atoms with E-state index >= 15 is 0 Å². The van der Waals surface area contributed by atoms with E-state index in [-0.39, 0.29) is 18.3 Å². The molecule has 0 spiro atoms. The molecule has 0 atom stereocenters. The molecule has 4 heteroatoms. The highest BCUT2D eigenvalue weighted by Crippen LogP contribution is 2.41. The van der Waals surface area contributed by atoms with Crippen LogP contribution in [0.25, 0.3) is 21.8 Å². The van der Waals surface area contributed by atoms with Crippen molar-refractivity contribution in [3.8, 4) is 0 Å². The molecule has 2 aromatic heterocycles. The third-order valence-electron chi connectivity index (χ3n) is 6.06. The molecule has 0 bridgehead atoms. The van der Waals surface area contributed by atoms with Crippen LogP contribution in [0.5, 0.6) is 0 Å². The van der Waals surface area contributed by atoms with Crippen LogP contribution in [0.1, 0.15) is 34.0 Å². The molecule has 152 valence electrons. The summed E-state index contributed by atoms with van der Waals surface area (Å²) in [6.45, 7) is 4.36. The van der Waals surface area contributed by atoms with Gasteiger partial charge in [0.2, 0.25) is 0 Å². The van der Waals surface area contributed by atoms with E-state index in [9.17, 15) is 0 Å². The SMILES string of the molecule is Cc1[nH]c2ccccc2c1C(Cc1ccccc1N)c1c(C)[nH]c2ccccc12.Cl. The van der Waals surface area contributed by atoms with Gasteiger partial charge in [-0.2, -0.15) is 0 Å². The number of nitrogen functional groups attached to an aromatic ring is 1. The fourth-order valence-electron chi connectivity index (χ4n) is 4.78. The van der Waals surface area contributed by atoms with Crippen molar-refractivity contribution in [2.45, 2.75) is 26.2 Å². The molecule has 0 saturated carbocycles. The lowest BCUT2D eigenvalue weighted by atomic mass is 9.82. The predicted molar refractivity (Wildman–Crippen MR) is 130 cm³/mol. The van der Waals surface area contributed by atoms with Gasteiger partial charge in [-0.1, -0.05) is 54.6 Å². The molecule has 0 aliphatic heterocycles. The van der Waals surface area contributed by atoms with Crippen molar-refractivity contribution in [1.29, 1.82) is 0 Å². The maximum atomic E-state index is 6.36. The fraction of sp³-hybridized carbons (Fsp3) is 0.154. The van der Waals surface area contributed by atoms with Gasteiger partial charge >= 0.3 is 0 Å². The van der Waals surface area contributed by atoms with E-state index in [1.54, 1.807) is 0 Å². The van der Waals surface area contributed by atoms with Gasteiger partial charge in [0.25, 0.3) is 0 Å². The van der Waals surface area contributed by atoms with Crippen LogP contribution in [0, 0.1) is 13.8 Å². The Balaban J connectivity index is 0.00000218. The number of nitrogens with one attached hydrogen (secondary N) is 2. The van der Waals surface area contributed by atoms with Crippen LogP contribution in [-0.4, -0.2) is 9.97 Å². The van der Waals surface area contributed by atoms with Crippen LogP contribution in [0.15, 0.2) is 72.8 Å². The van der Waals surface area contributed by atoms with E-state index in [0.717, 1.165) is 12.1 Å². The number of benzene rings is 3. The predicted octanol–water partition coefficient (Wildman–Crippen LogP) is 6.64. The first-order valence-electron chi connectivity index (χ1n) is 10.1. The maximum absolute atomic E-state index is 6.36. The normalized spacial score (nSPS) is 11.3. The summed E-state index contributed by atoms with van der Waals surface area (Å²) >= 11 is 0. The summed E-state index contributed by atoms with van der Waals surface area (Å²) in [6, 6.07) is 25.4. The number of H-pyrrole nitrogens is 2. The Morgan fingerprint density at radius 2 is 1.17 bits per heavy atom. The summed E-state index contributed by atoms with van der Waals surface area (Å²) in [4.78, 5) is 7.19. The number of anilines is 1. The Morgan fingerprint density at radius 1 is 0.700 bits per heavy atom. The monoisotopic (exact) mass is 415 g/mol. The number of rotatable bonds is 4. The molecular formula is C26H26ClN3. The zero-order valence-electron chi connectivity index (χ0n) is 17.2. The van der Waals surface area contributed by atoms with Crippen molar-refractivity contribution in [3.05, 3.63) is 101 Å². The molecule has 0 aliphatic carbocycles. The standard InChI is InChI=1S/C26H25N3.ClH/c1-16-25(19-10-4-7-13-23(19)28-16)21(15-18-9-3-6-12-22(18)27)26-17(2)29-24-14-8-5-11-20(24)26;/h3-14,21,28-29H,15,27H2,1-2H3;1H. The smallest absolute Gasteiger partial charge is 0.0459 e. The van der Waals surface area contributed by atoms with Crippen LogP contribution in [0.2, 0.25) is 0 Å². The van der Waals surface area contributed by atoms with Crippen molar-refractivity contribution < 1.29 is 0 Å². The minimum absolute atomic E-state index is 0. The van der Waals surface area contributed by atoms with E-state index in [1.807, 2.05) is 12.1 Å². The van der Waals surface area contributed by atoms with Crippen LogP contribution in [0.3, 0.4) is 0 Å². The second-order valence-electron chi connectivity index (χ2n) is 7.87. The van der Waals surface area contributed by atoms with Crippen molar-refractivity contribution in [3.63, 3.8) is 0 Å². The Morgan fingerprint density at radius 3 is 1.70 bits per heavy atom. The third kappa shape index (κ3) is 3.25. The molecule has 30 heavy (non-hydrogen) atoms. The number of fused-ring (bicyclic) bond motifs is 2. The summed E-state index contributed by atoms with van der Waals surface area (Å²) in [5.74, 6) is 0.201. The Bertz CT molecular complexity index is 1250. The lowest BCUT2D eigenvalue weighted by molar-refractivity contribution is 0.804. The number of aromatic amines is 2. The molecular weight excluding hydrogens is 390 g/mol. The Kier molecular flexibility index (Phi) is 5.31. The van der Waals surface area contributed by atoms with Crippen molar-refractivity contribution in [1.82, 2.24) is 9.97 Å². The second kappa shape index (κ2) is 7.92. The Hall–Kier alpha value is -3.17. The van der Waals surface area contributed by atoms with Gasteiger partial charge in [-0.3, -0.25) is 0 Å². The minimum atomic E-state index is 0. The Labute approximate surface area is 182 Å². The van der Waals surface area contributed by atoms with Gasteiger partial charge in [-0.15, -0.1) is 12.4 Å². The molecule has 0 amide bonds. The lowest BCUT2D eigenvalue weighted by Gasteiger charge is -2.20. The number of hydrogen-bond donors (Lipinski definition) is 3. The highest BCUT2D eigenvalue weighted by molar-refractivity contribution is 5.90. The third-order valence-corrected chi connectivity index (χ3v) is 6.06. The van der Waals surface area contributed by atoms with E-state index in [1.165, 1.54) is 49.9 Å². The largest absolute Gasteiger partial charge is 0.399 e. The number of para-hydroxylation sites is 3. The van der Waals surface area contributed by atoms with Gasteiger partial charge in [0.1, 0.15) is 0 Å². The van der Waals surface area contributed by atoms with Gasteiger partial charge in [0, 0.05) is 44.8 Å². The first-order chi connectivity index (χ1) is 14.1. The summed E-state index contributed by atoms with van der Waals surface area (Å²) in [7, 11) is 0. The number of aromatic nitrogens is 2. The molecule has 0 radical (unpaired) electrons. The van der Waals surface area contributed by atoms with E-state index in [0.29, 0.717) is 0 Å². The van der Waals surface area contributed by atoms with Gasteiger partial charge < -0.3 is 15.7 Å². The molecule has 0 aliphatic rings. The molecule has 2 heterocycles. The average molecular weight is 416 g/mol. The zero-order valence-corrected chi connectivity index (χ0v) is 18.0. The van der Waals surface area contributed by atoms with Gasteiger partial charge in [0.15, 0.2) is 0 Å². The van der Waals surface area contributed by atoms with Gasteiger partial charge in [-0.25, -0.2) is 0 Å². The van der Waals surface area contributed by atoms with Crippen molar-refractivity contribution in [2.24, 2.45) is 0 Å². The summed E-state index contributed by atoms with van der Waals surface area (Å²) < 4.78 is 0. The summed E-state index contributed by atoms with van der Waals surface area (Å²) in [6.07, 6.45) is 0.859. The van der Waals surface area contributed by atoms with Crippen LogP contribution in [0.4, 0.5) is 5.69 Å². The van der Waals surface area contributed by atoms with Gasteiger partial charge in [0.05, 0.1) is 0 Å². The van der Waals surface area contributed by atoms with Crippen LogP contribution >= 0.6 is 12.4 Å². The molecule has 0 fully saturated rings. The van der Waals surface area contributed by atoms with Crippen molar-refractivity contribution in [2.75, 3.05) is 5.73 Å². The number of hydrogen-bond acceptors (Lipinski definition) is 1. The quantitative estimate of drug-likeness (QED) is 0.283. The molecule has 4 N–H and O–H groups in total. The first-order valence-corrected chi connectivity index (χ1v) is 10.1. The van der Waals surface area contributed by atoms with Crippen LogP contribution in [-0.2, 0) is 6.42 Å². The summed E-state index contributed by atoms with van der Waals surface area (Å²) in [5, 5.41) is 2.57. The van der Waals surface area contributed by atoms with E-state index in [4.69, 9.17) is 5.73 Å². The molecule has 3 aromatic carbocycles. The molecule has 5 rings (SSSR count). The number of halogens is 1. The topological polar surface area (TPSA) is 57.6 Å². The maximum Gasteiger partial charge on any atom is 0.0459 e. The number of nitrogens with two attached hydrogens (primary N) is 1. The molecule has 5 aromatic rings. The molecule has 0 unspecified atom stereocenters. The van der Waals surface area contributed by atoms with E-state index < -0.39 is 0 Å². The first kappa shape index (κ1) is 20.1. The highest BCUT2D eigenvalue weighted by Gasteiger charge is 2.26. The zero-order chi connectivity index (χ0) is 20.0. The summed E-state index contributed by atoms with van der Waals surface area (Å²) in [5.41, 5.74) is 15.9. The van der Waals surface area contributed by atoms with E-state index in [2.05, 4.69) is 84.5 Å². The van der Waals surface area contributed by atoms with Gasteiger partial charge in [-0.05, 0) is 55.2 Å². The lowest BCUT2D eigenvalue weighted by Crippen LogP contribution is -2.09. The highest BCUT2D eigenvalue weighted by atomic mass is 35.5. The minimum Gasteiger partial charge on any atom is -0.399 e. The van der Waals surface area contributed by atoms with Crippen molar-refractivity contribution >= 4 is 39.9 Å². The number of aryl methyl sites for hydroxylation is 2.